The molecule has 4 N–H and O–H groups in total. The Morgan fingerprint density at radius 3 is 2.00 bits per heavy atom. The van der Waals surface area contributed by atoms with Crippen molar-refractivity contribution in [2.24, 2.45) is 5.14 Å². The number of rotatable bonds is 25. The van der Waals surface area contributed by atoms with Crippen molar-refractivity contribution in [2.75, 3.05) is 45.0 Å². The van der Waals surface area contributed by atoms with Crippen LogP contribution in [0.25, 0.3) is 32.9 Å². The molecule has 19 heteroatoms. The number of nitrogens with two attached hydrogens (primary N) is 1. The quantitative estimate of drug-likeness (QED) is 0.0630. The van der Waals surface area contributed by atoms with Crippen molar-refractivity contribution in [3.63, 3.8) is 0 Å². The van der Waals surface area contributed by atoms with Gasteiger partial charge in [-0.25, -0.2) is 23.7 Å². The van der Waals surface area contributed by atoms with E-state index in [0.29, 0.717) is 30.8 Å². The van der Waals surface area contributed by atoms with Gasteiger partial charge in [0, 0.05) is 36.3 Å². The number of ketones is 1. The summed E-state index contributed by atoms with van der Waals surface area (Å²) in [7, 11) is -3.80. The van der Waals surface area contributed by atoms with E-state index >= 15 is 0 Å². The van der Waals surface area contributed by atoms with Crippen LogP contribution in [0.5, 0.6) is 0 Å². The Morgan fingerprint density at radius 2 is 1.39 bits per heavy atom. The molecule has 1 heterocycles. The molecule has 293 valence electrons. The molecule has 0 aliphatic carbocycles. The second-order valence-corrected chi connectivity index (χ2v) is 13.8. The number of carbonyl (C=O) groups excluding carboxylic acids is 4. The number of nitrogens with one attached hydrogen (secondary N) is 2. The molecule has 0 unspecified atom stereocenters. The van der Waals surface area contributed by atoms with E-state index in [1.165, 1.54) is 12.1 Å². The fourth-order valence-electron chi connectivity index (χ4n) is 4.81. The van der Waals surface area contributed by atoms with E-state index in [4.69, 9.17) is 18.6 Å². The minimum atomic E-state index is -3.80. The molecule has 0 saturated carbocycles. The fraction of sp³-hybridized carbons (Fsp3) is 0.457. The molecule has 2 aromatic carbocycles. The van der Waals surface area contributed by atoms with Crippen molar-refractivity contribution in [2.45, 2.75) is 63.4 Å². The van der Waals surface area contributed by atoms with E-state index < -0.39 is 40.8 Å². The SMILES string of the molecule is Cc1ccc(-c2cc(CONCCCCCNCCCCCC(=O)C[N-]C(=O)C[N-]C(=O)C[N-]C(=O)C[S-])nn2-c2ccc(S(N)(=O)=O)cc2)cc1.[O]=[Tc+4]. The molecule has 0 fully saturated rings. The third-order valence-electron chi connectivity index (χ3n) is 7.62. The first kappa shape index (κ1) is 46.5. The van der Waals surface area contributed by atoms with E-state index in [0.717, 1.165) is 80.9 Å². The van der Waals surface area contributed by atoms with Crippen molar-refractivity contribution in [1.29, 1.82) is 0 Å². The molecule has 1 aromatic heterocycles. The summed E-state index contributed by atoms with van der Waals surface area (Å²) in [5.41, 5.74) is 7.35. The molecule has 0 saturated heterocycles. The molecule has 0 aliphatic heterocycles. The van der Waals surface area contributed by atoms with Gasteiger partial charge < -0.3 is 53.1 Å². The van der Waals surface area contributed by atoms with E-state index in [2.05, 4.69) is 39.4 Å². The third kappa shape index (κ3) is 18.6. The normalized spacial score (nSPS) is 11.0. The molecule has 0 radical (unpaired) electrons. The number of aryl methyl sites for hydroxylation is 1. The Hall–Kier alpha value is -3.68. The number of benzene rings is 2. The van der Waals surface area contributed by atoms with Crippen molar-refractivity contribution in [3.05, 3.63) is 81.8 Å². The topological polar surface area (TPSA) is 239 Å². The molecule has 3 rings (SSSR count). The van der Waals surface area contributed by atoms with Crippen LogP contribution in [0.15, 0.2) is 59.5 Å². The van der Waals surface area contributed by atoms with Gasteiger partial charge in [0.05, 0.1) is 22.0 Å². The number of hydroxylamine groups is 1. The van der Waals surface area contributed by atoms with E-state index in [1.807, 2.05) is 37.3 Å². The van der Waals surface area contributed by atoms with Crippen LogP contribution in [0.4, 0.5) is 0 Å². The number of primary sulfonamides is 1. The predicted octanol–water partition coefficient (Wildman–Crippen LogP) is 3.53. The molecule has 0 spiro atoms. The monoisotopic (exact) mass is 867 g/mol. The summed E-state index contributed by atoms with van der Waals surface area (Å²) in [6.07, 6.45) is 5.82. The van der Waals surface area contributed by atoms with Gasteiger partial charge in [-0.3, -0.25) is 4.84 Å². The van der Waals surface area contributed by atoms with Crippen LogP contribution in [-0.4, -0.2) is 86.7 Å². The van der Waals surface area contributed by atoms with Crippen molar-refractivity contribution in [3.8, 4) is 16.9 Å². The van der Waals surface area contributed by atoms with Crippen molar-refractivity contribution < 1.29 is 54.8 Å². The number of hydrogen-bond donors (Lipinski definition) is 3. The molecule has 3 amide bonds. The maximum atomic E-state index is 12.0. The molecular weight excluding hydrogens is 823 g/mol. The zero-order chi connectivity index (χ0) is 39.8. The number of sulfonamides is 1. The second-order valence-electron chi connectivity index (χ2n) is 12.0. The Bertz CT molecular complexity index is 1730. The standard InChI is InChI=1S/C35H50N8O7S2.O.Tc/c1-26-9-11-27(12-10-26)32-20-28(42-43(32)29-13-15-31(16-14-29)52(36,48)49)24-50-41-19-7-3-6-18-37-17-5-2-4-8-30(44)21-38-33(45)22-39-34(46)23-40-35(47)25-51;;/h9-16,20,37,41H,2-8,17-19,21-25H2,1H3,(H6,36,38,39,40,45,46,47,48,49,51);;/q;;+4/p-4. The summed E-state index contributed by atoms with van der Waals surface area (Å²) >= 11 is 5.41. The molecule has 0 atom stereocenters. The van der Waals surface area contributed by atoms with E-state index in [9.17, 15) is 27.6 Å². The van der Waals surface area contributed by atoms with Gasteiger partial charge in [0.1, 0.15) is 12.4 Å². The van der Waals surface area contributed by atoms with Crippen molar-refractivity contribution >= 4 is 46.2 Å². The molecule has 16 nitrogen and oxygen atoms in total. The van der Waals surface area contributed by atoms with Crippen LogP contribution in [-0.2, 0) is 75.6 Å². The van der Waals surface area contributed by atoms with Crippen LogP contribution < -0.4 is 15.9 Å². The number of unbranched alkanes of at least 4 members (excludes halogenated alkanes) is 4. The van der Waals surface area contributed by atoms with Crippen LogP contribution in [0.1, 0.15) is 56.2 Å². The fourth-order valence-corrected chi connectivity index (χ4v) is 5.42. The average molecular weight is 869 g/mol. The summed E-state index contributed by atoms with van der Waals surface area (Å²) in [6.45, 7) is 3.54. The summed E-state index contributed by atoms with van der Waals surface area (Å²) < 4.78 is 33.4. The summed E-state index contributed by atoms with van der Waals surface area (Å²) in [6, 6.07) is 16.3. The Morgan fingerprint density at radius 1 is 0.815 bits per heavy atom. The van der Waals surface area contributed by atoms with Crippen LogP contribution in [0, 0.1) is 6.92 Å². The van der Waals surface area contributed by atoms with Gasteiger partial charge >= 0.3 is 22.4 Å². The number of amides is 3. The summed E-state index contributed by atoms with van der Waals surface area (Å²) in [5.74, 6) is -2.34. The van der Waals surface area contributed by atoms with Gasteiger partial charge in [-0.1, -0.05) is 62.3 Å². The maximum absolute atomic E-state index is 12.0. The molecule has 0 aliphatic rings. The Labute approximate surface area is 332 Å². The van der Waals surface area contributed by atoms with Crippen LogP contribution in [0.2, 0.25) is 0 Å². The third-order valence-corrected chi connectivity index (χ3v) is 8.79. The molecular formula is C35H46N8O8S2Tc. The minimum absolute atomic E-state index is 0.0302. The molecule has 54 heavy (non-hydrogen) atoms. The Balaban J connectivity index is 0.00000495. The van der Waals surface area contributed by atoms with E-state index in [-0.39, 0.29) is 29.6 Å². The number of aromatic nitrogens is 2. The first-order chi connectivity index (χ1) is 26.0. The van der Waals surface area contributed by atoms with Gasteiger partial charge in [0.2, 0.25) is 10.0 Å². The van der Waals surface area contributed by atoms with Gasteiger partial charge in [0.25, 0.3) is 0 Å². The Kier molecular flexibility index (Phi) is 22.5. The van der Waals surface area contributed by atoms with Crippen LogP contribution >= 0.6 is 0 Å². The number of nitrogens with zero attached hydrogens (tertiary/aromatic N) is 5. The van der Waals surface area contributed by atoms with Gasteiger partial charge in [-0.15, -0.1) is 5.75 Å². The van der Waals surface area contributed by atoms with Gasteiger partial charge in [0.15, 0.2) is 0 Å². The molecule has 0 bridgehead atoms. The number of hydrogen-bond acceptors (Lipinski definition) is 12. The first-order valence-electron chi connectivity index (χ1n) is 17.2. The number of carbonyl (C=O) groups is 4. The summed E-state index contributed by atoms with van der Waals surface area (Å²) in [5, 5.41) is 23.9. The van der Waals surface area contributed by atoms with Gasteiger partial charge in [-0.05, 0) is 76.0 Å². The van der Waals surface area contributed by atoms with Gasteiger partial charge in [-0.2, -0.15) is 5.10 Å². The molecule has 3 aromatic rings. The van der Waals surface area contributed by atoms with E-state index in [1.54, 1.807) is 16.8 Å². The summed E-state index contributed by atoms with van der Waals surface area (Å²) in [4.78, 5) is 51.8. The zero-order valence-corrected chi connectivity index (χ0v) is 33.6. The van der Waals surface area contributed by atoms with Crippen molar-refractivity contribution in [1.82, 2.24) is 20.6 Å². The predicted molar refractivity (Wildman–Crippen MR) is 201 cm³/mol. The second kappa shape index (κ2) is 26.2. The number of Topliss-reactive ketones (excluding diaryl/α,β-unsaturated/α-hetero) is 1. The zero-order valence-electron chi connectivity index (χ0n) is 30.1. The first-order valence-corrected chi connectivity index (χ1v) is 20.1. The average Bonchev–Trinajstić information content (AvgIpc) is 3.60. The van der Waals surface area contributed by atoms with Crippen LogP contribution in [0.3, 0.4) is 0 Å².